The number of benzene rings is 1. The zero-order valence-electron chi connectivity index (χ0n) is 16.2. The minimum absolute atomic E-state index is 0.0546. The molecule has 28 heavy (non-hydrogen) atoms. The molecular formula is C20H26N4O3S. The average molecular weight is 403 g/mol. The van der Waals surface area contributed by atoms with Crippen molar-refractivity contribution in [2.75, 3.05) is 5.32 Å². The number of amides is 1. The van der Waals surface area contributed by atoms with Gasteiger partial charge in [0.05, 0.1) is 0 Å². The van der Waals surface area contributed by atoms with Crippen molar-refractivity contribution in [3.8, 4) is 0 Å². The van der Waals surface area contributed by atoms with E-state index in [4.69, 9.17) is 4.74 Å². The Kier molecular flexibility index (Phi) is 5.39. The van der Waals surface area contributed by atoms with Crippen LogP contribution in [0.2, 0.25) is 0 Å². The van der Waals surface area contributed by atoms with Crippen molar-refractivity contribution in [2.24, 2.45) is 0 Å². The topological polar surface area (TPSA) is 96.1 Å². The minimum Gasteiger partial charge on any atom is -0.446 e. The van der Waals surface area contributed by atoms with Gasteiger partial charge in [0.1, 0.15) is 6.10 Å². The summed E-state index contributed by atoms with van der Waals surface area (Å²) in [5.74, 6) is 2.35. The molecule has 0 saturated heterocycles. The van der Waals surface area contributed by atoms with Crippen molar-refractivity contribution in [3.63, 3.8) is 0 Å². The second-order valence-electron chi connectivity index (χ2n) is 7.88. The van der Waals surface area contributed by atoms with Gasteiger partial charge in [-0.25, -0.2) is 4.79 Å². The molecule has 0 radical (unpaired) electrons. The largest absolute Gasteiger partial charge is 0.446 e. The van der Waals surface area contributed by atoms with Crippen molar-refractivity contribution in [1.82, 2.24) is 15.5 Å². The Morgan fingerprint density at radius 2 is 2.07 bits per heavy atom. The molecule has 1 fully saturated rings. The van der Waals surface area contributed by atoms with Gasteiger partial charge < -0.3 is 15.4 Å². The highest BCUT2D eigenvalue weighted by molar-refractivity contribution is 7.83. The number of hydrogen-bond acceptors (Lipinski definition) is 5. The van der Waals surface area contributed by atoms with E-state index in [1.54, 1.807) is 0 Å². The maximum atomic E-state index is 11.8. The van der Waals surface area contributed by atoms with E-state index in [-0.39, 0.29) is 18.2 Å². The summed E-state index contributed by atoms with van der Waals surface area (Å²) in [4.78, 5) is 11.8. The number of nitrogens with zero attached hydrogens (tertiary/aromatic N) is 1. The second-order valence-corrected chi connectivity index (χ2v) is 9.34. The van der Waals surface area contributed by atoms with Gasteiger partial charge in [-0.15, -0.1) is 0 Å². The van der Waals surface area contributed by atoms with E-state index in [0.717, 1.165) is 42.0 Å². The lowest BCUT2D eigenvalue weighted by atomic mass is 10.0. The van der Waals surface area contributed by atoms with Crippen LogP contribution in [0.4, 0.5) is 16.3 Å². The lowest BCUT2D eigenvalue weighted by molar-refractivity contribution is 0.0981. The number of carbonyl (C=O) groups is 1. The average Bonchev–Trinajstić information content (AvgIpc) is 3.32. The van der Waals surface area contributed by atoms with E-state index in [1.165, 1.54) is 5.56 Å². The van der Waals surface area contributed by atoms with Gasteiger partial charge in [0, 0.05) is 51.7 Å². The van der Waals surface area contributed by atoms with Crippen molar-refractivity contribution >= 4 is 28.4 Å². The highest BCUT2D eigenvalue weighted by Gasteiger charge is 2.30. The van der Waals surface area contributed by atoms with Crippen LogP contribution in [0.25, 0.3) is 0 Å². The zero-order valence-corrected chi connectivity index (χ0v) is 17.0. The molecule has 3 atom stereocenters. The van der Waals surface area contributed by atoms with E-state index < -0.39 is 10.8 Å². The molecule has 0 bridgehead atoms. The lowest BCUT2D eigenvalue weighted by Gasteiger charge is -2.14. The number of ether oxygens (including phenoxy) is 1. The highest BCUT2D eigenvalue weighted by Crippen LogP contribution is 2.36. The number of aromatic amines is 1. The Bertz CT molecular complexity index is 895. The normalized spacial score (nSPS) is 23.6. The Morgan fingerprint density at radius 3 is 2.89 bits per heavy atom. The van der Waals surface area contributed by atoms with E-state index in [0.29, 0.717) is 17.4 Å². The second kappa shape index (κ2) is 7.95. The predicted molar refractivity (Wildman–Crippen MR) is 109 cm³/mol. The third-order valence-corrected chi connectivity index (χ3v) is 6.48. The molecule has 1 aliphatic heterocycles. The smallest absolute Gasteiger partial charge is 0.407 e. The Morgan fingerprint density at radius 1 is 1.25 bits per heavy atom. The molecular weight excluding hydrogens is 376 g/mol. The first-order valence-electron chi connectivity index (χ1n) is 9.72. The number of alkyl carbamates (subject to hydrolysis) is 1. The monoisotopic (exact) mass is 402 g/mol. The number of anilines is 2. The van der Waals surface area contributed by atoms with E-state index >= 15 is 0 Å². The van der Waals surface area contributed by atoms with Crippen molar-refractivity contribution in [2.45, 2.75) is 62.7 Å². The fourth-order valence-corrected chi connectivity index (χ4v) is 5.23. The minimum atomic E-state index is -0.773. The number of carbonyl (C=O) groups excluding carboxylic acids is 1. The molecule has 8 heteroatoms. The van der Waals surface area contributed by atoms with Gasteiger partial charge in [-0.05, 0) is 56.4 Å². The predicted octanol–water partition coefficient (Wildman–Crippen LogP) is 3.69. The highest BCUT2D eigenvalue weighted by atomic mass is 32.2. The number of nitrogens with one attached hydrogen (secondary N) is 3. The molecule has 150 valence electrons. The van der Waals surface area contributed by atoms with Crippen LogP contribution in [0, 0.1) is 0 Å². The van der Waals surface area contributed by atoms with Crippen molar-refractivity contribution in [3.05, 3.63) is 41.1 Å². The van der Waals surface area contributed by atoms with Gasteiger partial charge in [0.2, 0.25) is 0 Å². The molecule has 1 amide bonds. The summed E-state index contributed by atoms with van der Waals surface area (Å²) < 4.78 is 17.2. The van der Waals surface area contributed by atoms with Crippen molar-refractivity contribution in [1.29, 1.82) is 0 Å². The third-order valence-electron chi connectivity index (χ3n) is 5.21. The molecule has 7 nitrogen and oxygen atoms in total. The third kappa shape index (κ3) is 4.38. The van der Waals surface area contributed by atoms with Gasteiger partial charge in [-0.2, -0.15) is 5.10 Å². The van der Waals surface area contributed by atoms with E-state index in [9.17, 15) is 9.00 Å². The summed E-state index contributed by atoms with van der Waals surface area (Å²) in [6.45, 7) is 3.83. The molecule has 3 N–H and O–H groups in total. The van der Waals surface area contributed by atoms with E-state index in [2.05, 4.69) is 26.9 Å². The summed E-state index contributed by atoms with van der Waals surface area (Å²) >= 11 is 0. The molecule has 2 aliphatic rings. The first-order valence-corrected chi connectivity index (χ1v) is 11.2. The molecule has 0 spiro atoms. The van der Waals surface area contributed by atoms with Crippen LogP contribution in [0.15, 0.2) is 24.3 Å². The Hall–Kier alpha value is -2.35. The standard InChI is InChI=1S/C20H26N4O3S/c1-12(2)21-20(25)27-17-6-4-13(8-17)18-9-19(24-23-18)22-16-5-3-14-10-28(26)11-15(14)7-16/h3,5,7,9,12-13,17H,4,6,8,10-11H2,1-2H3,(H,21,25)(H2,22,23,24)/t13-,17+,28?/m0/s1. The summed E-state index contributed by atoms with van der Waals surface area (Å²) in [6.07, 6.45) is 2.23. The van der Waals surface area contributed by atoms with Gasteiger partial charge in [-0.3, -0.25) is 9.31 Å². The molecule has 1 aliphatic carbocycles. The van der Waals surface area contributed by atoms with Crippen LogP contribution in [0.5, 0.6) is 0 Å². The van der Waals surface area contributed by atoms with Gasteiger partial charge in [0.15, 0.2) is 5.82 Å². The van der Waals surface area contributed by atoms with E-state index in [1.807, 2.05) is 32.0 Å². The van der Waals surface area contributed by atoms with Gasteiger partial charge >= 0.3 is 6.09 Å². The molecule has 2 aromatic rings. The van der Waals surface area contributed by atoms with Gasteiger partial charge in [-0.1, -0.05) is 6.07 Å². The number of aromatic nitrogens is 2. The molecule has 1 aromatic carbocycles. The maximum Gasteiger partial charge on any atom is 0.407 e. The fourth-order valence-electron chi connectivity index (χ4n) is 3.89. The van der Waals surface area contributed by atoms with Crippen molar-refractivity contribution < 1.29 is 13.7 Å². The fraction of sp³-hybridized carbons (Fsp3) is 0.500. The lowest BCUT2D eigenvalue weighted by Crippen LogP contribution is -2.33. The first-order chi connectivity index (χ1) is 13.5. The molecule has 1 aromatic heterocycles. The number of rotatable bonds is 5. The van der Waals surface area contributed by atoms with Crippen LogP contribution in [-0.2, 0) is 27.0 Å². The Balaban J connectivity index is 1.34. The Labute approximate surface area is 167 Å². The summed E-state index contributed by atoms with van der Waals surface area (Å²) in [6, 6.07) is 8.19. The summed E-state index contributed by atoms with van der Waals surface area (Å²) in [5, 5.41) is 13.6. The number of H-pyrrole nitrogens is 1. The van der Waals surface area contributed by atoms with Crippen LogP contribution >= 0.6 is 0 Å². The number of fused-ring (bicyclic) bond motifs is 1. The van der Waals surface area contributed by atoms with Crippen LogP contribution in [-0.4, -0.2) is 32.6 Å². The first kappa shape index (κ1) is 19.0. The molecule has 4 rings (SSSR count). The molecule has 2 heterocycles. The van der Waals surface area contributed by atoms with Crippen LogP contribution < -0.4 is 10.6 Å². The summed E-state index contributed by atoms with van der Waals surface area (Å²) in [7, 11) is -0.773. The van der Waals surface area contributed by atoms with Crippen LogP contribution in [0.1, 0.15) is 55.8 Å². The van der Waals surface area contributed by atoms with Gasteiger partial charge in [0.25, 0.3) is 0 Å². The quantitative estimate of drug-likeness (QED) is 0.709. The molecule has 1 unspecified atom stereocenters. The molecule has 1 saturated carbocycles. The summed E-state index contributed by atoms with van der Waals surface area (Å²) in [5.41, 5.74) is 4.33. The van der Waals surface area contributed by atoms with Crippen LogP contribution in [0.3, 0.4) is 0 Å². The number of hydrogen-bond donors (Lipinski definition) is 3. The maximum absolute atomic E-state index is 11.8. The SMILES string of the molecule is CC(C)NC(=O)O[C@@H]1CC[C@H](c2cc(Nc3ccc4c(c3)CS(=O)C4)n[nH]2)C1. The zero-order chi connectivity index (χ0) is 19.7.